The van der Waals surface area contributed by atoms with Gasteiger partial charge in [-0.1, -0.05) is 42.5 Å². The van der Waals surface area contributed by atoms with E-state index < -0.39 is 0 Å². The van der Waals surface area contributed by atoms with Crippen molar-refractivity contribution in [3.8, 4) is 11.3 Å². The van der Waals surface area contributed by atoms with Gasteiger partial charge in [-0.25, -0.2) is 9.97 Å². The number of hydrogen-bond donors (Lipinski definition) is 0. The molecule has 35 heavy (non-hydrogen) atoms. The molecule has 0 unspecified atom stereocenters. The molecule has 1 aliphatic carbocycles. The summed E-state index contributed by atoms with van der Waals surface area (Å²) in [5, 5.41) is 0. The average Bonchev–Trinajstić information content (AvgIpc) is 2.91. The minimum Gasteiger partial charge on any atom is -0.353 e. The van der Waals surface area contributed by atoms with Gasteiger partial charge < -0.3 is 9.80 Å². The fourth-order valence-electron chi connectivity index (χ4n) is 5.09. The van der Waals surface area contributed by atoms with Gasteiger partial charge in [0.15, 0.2) is 5.78 Å². The second kappa shape index (κ2) is 10.4. The van der Waals surface area contributed by atoms with Crippen molar-refractivity contribution in [2.75, 3.05) is 31.1 Å². The summed E-state index contributed by atoms with van der Waals surface area (Å²) in [5.74, 6) is 1.75. The van der Waals surface area contributed by atoms with Crippen LogP contribution in [0.15, 0.2) is 54.6 Å². The van der Waals surface area contributed by atoms with E-state index in [9.17, 15) is 9.59 Å². The first-order chi connectivity index (χ1) is 17.1. The quantitative estimate of drug-likeness (QED) is 0.493. The van der Waals surface area contributed by atoms with Crippen LogP contribution in [0.4, 0.5) is 5.82 Å². The molecule has 2 heterocycles. The van der Waals surface area contributed by atoms with Crippen molar-refractivity contribution in [2.45, 2.75) is 45.4 Å². The monoisotopic (exact) mass is 468 g/mol. The fourth-order valence-corrected chi connectivity index (χ4v) is 5.09. The third-order valence-corrected chi connectivity index (χ3v) is 7.09. The van der Waals surface area contributed by atoms with Crippen LogP contribution in [0.2, 0.25) is 0 Å². The maximum absolute atomic E-state index is 12.8. The highest BCUT2D eigenvalue weighted by molar-refractivity contribution is 5.98. The summed E-state index contributed by atoms with van der Waals surface area (Å²) in [4.78, 5) is 38.9. The summed E-state index contributed by atoms with van der Waals surface area (Å²) in [6.07, 6.45) is 5.11. The number of nitrogens with zero attached hydrogens (tertiary/aromatic N) is 4. The minimum absolute atomic E-state index is 0.0554. The lowest BCUT2D eigenvalue weighted by Gasteiger charge is -2.35. The van der Waals surface area contributed by atoms with E-state index in [1.807, 2.05) is 60.4 Å². The molecule has 2 aliphatic rings. The zero-order valence-corrected chi connectivity index (χ0v) is 20.4. The molecule has 0 N–H and O–H groups in total. The van der Waals surface area contributed by atoms with Crippen LogP contribution in [0.3, 0.4) is 0 Å². The number of benzene rings is 2. The first kappa shape index (κ1) is 23.2. The molecule has 1 fully saturated rings. The molecule has 0 spiro atoms. The maximum Gasteiger partial charge on any atom is 0.223 e. The Hall–Kier alpha value is -3.54. The molecule has 0 radical (unpaired) electrons. The van der Waals surface area contributed by atoms with Crippen LogP contribution in [0.25, 0.3) is 11.3 Å². The van der Waals surface area contributed by atoms with Crippen molar-refractivity contribution in [1.82, 2.24) is 14.9 Å². The number of amides is 1. The van der Waals surface area contributed by atoms with Gasteiger partial charge in [-0.05, 0) is 49.8 Å². The Morgan fingerprint density at radius 2 is 1.57 bits per heavy atom. The third kappa shape index (κ3) is 5.42. The number of carbonyl (C=O) groups is 2. The van der Waals surface area contributed by atoms with Crippen LogP contribution in [0.5, 0.6) is 0 Å². The molecular formula is C29H32N4O2. The van der Waals surface area contributed by atoms with Gasteiger partial charge in [-0.15, -0.1) is 0 Å². The summed E-state index contributed by atoms with van der Waals surface area (Å²) in [6.45, 7) is 4.62. The Kier molecular flexibility index (Phi) is 6.89. The predicted molar refractivity (Wildman–Crippen MR) is 138 cm³/mol. The first-order valence-corrected chi connectivity index (χ1v) is 12.7. The first-order valence-electron chi connectivity index (χ1n) is 12.7. The summed E-state index contributed by atoms with van der Waals surface area (Å²) >= 11 is 0. The van der Waals surface area contributed by atoms with Gasteiger partial charge in [0.05, 0.1) is 5.69 Å². The van der Waals surface area contributed by atoms with Gasteiger partial charge in [-0.2, -0.15) is 0 Å². The van der Waals surface area contributed by atoms with Gasteiger partial charge in [0.25, 0.3) is 0 Å². The van der Waals surface area contributed by atoms with Crippen molar-refractivity contribution in [3.05, 3.63) is 77.1 Å². The van der Waals surface area contributed by atoms with Crippen molar-refractivity contribution in [2.24, 2.45) is 0 Å². The Morgan fingerprint density at radius 1 is 0.829 bits per heavy atom. The molecule has 0 saturated carbocycles. The van der Waals surface area contributed by atoms with Crippen LogP contribution in [0.1, 0.15) is 53.0 Å². The average molecular weight is 469 g/mol. The largest absolute Gasteiger partial charge is 0.353 e. The summed E-state index contributed by atoms with van der Waals surface area (Å²) in [6, 6.07) is 18.2. The second-order valence-electron chi connectivity index (χ2n) is 9.51. The molecule has 0 bridgehead atoms. The smallest absolute Gasteiger partial charge is 0.223 e. The number of piperazine rings is 1. The Morgan fingerprint density at radius 3 is 2.34 bits per heavy atom. The van der Waals surface area contributed by atoms with Gasteiger partial charge in [0.2, 0.25) is 5.91 Å². The second-order valence-corrected chi connectivity index (χ2v) is 9.51. The van der Waals surface area contributed by atoms with Gasteiger partial charge in [0, 0.05) is 56.2 Å². The molecule has 6 nitrogen and oxygen atoms in total. The predicted octanol–water partition coefficient (Wildman–Crippen LogP) is 4.64. The van der Waals surface area contributed by atoms with Crippen LogP contribution >= 0.6 is 0 Å². The molecule has 1 amide bonds. The van der Waals surface area contributed by atoms with E-state index in [0.29, 0.717) is 13.1 Å². The van der Waals surface area contributed by atoms with Gasteiger partial charge in [-0.3, -0.25) is 9.59 Å². The van der Waals surface area contributed by atoms with E-state index in [1.54, 1.807) is 0 Å². The highest BCUT2D eigenvalue weighted by Gasteiger charge is 2.23. The number of aryl methyl sites for hydroxylation is 3. The molecule has 2 aromatic carbocycles. The number of Topliss-reactive ketones (excluding diaryl/α,β-unsaturated/α-hetero) is 1. The van der Waals surface area contributed by atoms with Crippen molar-refractivity contribution >= 4 is 17.5 Å². The van der Waals surface area contributed by atoms with Crippen LogP contribution in [-0.4, -0.2) is 52.7 Å². The highest BCUT2D eigenvalue weighted by atomic mass is 16.2. The minimum atomic E-state index is 0.0554. The highest BCUT2D eigenvalue weighted by Crippen LogP contribution is 2.24. The molecule has 6 heteroatoms. The lowest BCUT2D eigenvalue weighted by Crippen LogP contribution is -2.49. The van der Waals surface area contributed by atoms with E-state index in [-0.39, 0.29) is 24.5 Å². The number of anilines is 1. The van der Waals surface area contributed by atoms with Crippen molar-refractivity contribution < 1.29 is 9.59 Å². The molecule has 180 valence electrons. The van der Waals surface area contributed by atoms with Crippen molar-refractivity contribution in [3.63, 3.8) is 0 Å². The number of carbonyl (C=O) groups excluding carboxylic acids is 2. The van der Waals surface area contributed by atoms with E-state index >= 15 is 0 Å². The number of aromatic nitrogens is 2. The standard InChI is InChI=1S/C29H32N4O2/c1-21-30-26(23-8-3-2-4-9-23)20-28(31-21)32-15-17-33(18-16-32)29(35)14-13-27(34)25-12-11-22-7-5-6-10-24(22)19-25/h2-4,8-9,11-12,19-20H,5-7,10,13-18H2,1H3. The Labute approximate surface area is 207 Å². The molecule has 5 rings (SSSR count). The lowest BCUT2D eigenvalue weighted by molar-refractivity contribution is -0.131. The SMILES string of the molecule is Cc1nc(-c2ccccc2)cc(N2CCN(C(=O)CCC(=O)c3ccc4c(c3)CCCC4)CC2)n1. The molecular weight excluding hydrogens is 436 g/mol. The van der Waals surface area contributed by atoms with Crippen LogP contribution in [0, 0.1) is 6.92 Å². The maximum atomic E-state index is 12.8. The van der Waals surface area contributed by atoms with Crippen LogP contribution in [-0.2, 0) is 17.6 Å². The third-order valence-electron chi connectivity index (χ3n) is 7.09. The molecule has 1 aromatic heterocycles. The number of ketones is 1. The number of fused-ring (bicyclic) bond motifs is 1. The summed E-state index contributed by atoms with van der Waals surface area (Å²) in [5.41, 5.74) is 5.40. The number of rotatable bonds is 6. The van der Waals surface area contributed by atoms with E-state index in [1.165, 1.54) is 24.0 Å². The summed E-state index contributed by atoms with van der Waals surface area (Å²) < 4.78 is 0. The van der Waals surface area contributed by atoms with Gasteiger partial charge >= 0.3 is 0 Å². The Balaban J connectivity index is 1.15. The molecule has 1 aliphatic heterocycles. The fraction of sp³-hybridized carbons (Fsp3) is 0.379. The topological polar surface area (TPSA) is 66.4 Å². The van der Waals surface area contributed by atoms with E-state index in [4.69, 9.17) is 0 Å². The number of hydrogen-bond acceptors (Lipinski definition) is 5. The van der Waals surface area contributed by atoms with Crippen molar-refractivity contribution in [1.29, 1.82) is 0 Å². The molecule has 3 aromatic rings. The summed E-state index contributed by atoms with van der Waals surface area (Å²) in [7, 11) is 0. The van der Waals surface area contributed by atoms with E-state index in [0.717, 1.165) is 54.4 Å². The molecule has 1 saturated heterocycles. The Bertz CT molecular complexity index is 1220. The normalized spacial score (nSPS) is 15.6. The zero-order valence-electron chi connectivity index (χ0n) is 20.4. The van der Waals surface area contributed by atoms with Crippen LogP contribution < -0.4 is 4.90 Å². The van der Waals surface area contributed by atoms with Gasteiger partial charge in [0.1, 0.15) is 11.6 Å². The van der Waals surface area contributed by atoms with E-state index in [2.05, 4.69) is 20.9 Å². The molecule has 0 atom stereocenters. The lowest BCUT2D eigenvalue weighted by atomic mass is 9.89. The zero-order chi connectivity index (χ0) is 24.2.